The molecule has 4 heteroatoms. The quantitative estimate of drug-likeness (QED) is 0.391. The van der Waals surface area contributed by atoms with E-state index in [9.17, 15) is 9.59 Å². The lowest BCUT2D eigenvalue weighted by Crippen LogP contribution is -2.38. The van der Waals surface area contributed by atoms with Gasteiger partial charge >= 0.3 is 11.9 Å². The lowest BCUT2D eigenvalue weighted by atomic mass is 9.70. The van der Waals surface area contributed by atoms with E-state index in [-0.39, 0.29) is 35.0 Å². The first kappa shape index (κ1) is 24.1. The van der Waals surface area contributed by atoms with Crippen LogP contribution in [0.2, 0.25) is 0 Å². The molecule has 6 atom stereocenters. The van der Waals surface area contributed by atoms with E-state index in [4.69, 9.17) is 9.47 Å². The van der Waals surface area contributed by atoms with Crippen molar-refractivity contribution in [2.24, 2.45) is 33.5 Å². The standard InChI is InChI=1S/C14H22O2.C13H20O2/c1-9(2)12(15)16-11-8-10-6-7-14(11,5)13(10,3)4;1-5-11(14)15-10-8-9-6-7-13(10,4)12(9,2)3/h10-11H,1,6-8H2,2-5H3;5,9-10H,1,6-8H2,2-4H3. The number of esters is 2. The summed E-state index contributed by atoms with van der Waals surface area (Å²) in [7, 11) is 0. The van der Waals surface area contributed by atoms with E-state index in [1.165, 1.54) is 31.8 Å². The van der Waals surface area contributed by atoms with Gasteiger partial charge in [0, 0.05) is 22.5 Å². The van der Waals surface area contributed by atoms with Crippen molar-refractivity contribution >= 4 is 11.9 Å². The Kier molecular flexibility index (Phi) is 6.04. The average Bonchev–Trinajstić information content (AvgIpc) is 3.20. The number of rotatable bonds is 4. The van der Waals surface area contributed by atoms with Crippen molar-refractivity contribution in [2.75, 3.05) is 0 Å². The molecule has 0 heterocycles. The summed E-state index contributed by atoms with van der Waals surface area (Å²) in [5.41, 5.74) is 1.43. The van der Waals surface area contributed by atoms with Gasteiger partial charge in [-0.1, -0.05) is 54.7 Å². The zero-order valence-electron chi connectivity index (χ0n) is 20.7. The molecule has 174 valence electrons. The minimum atomic E-state index is -0.274. The third-order valence-electron chi connectivity index (χ3n) is 10.5. The van der Waals surface area contributed by atoms with Crippen molar-refractivity contribution in [2.45, 2.75) is 99.2 Å². The van der Waals surface area contributed by atoms with Crippen LogP contribution >= 0.6 is 0 Å². The highest BCUT2D eigenvalue weighted by Gasteiger charge is 2.63. The Bertz CT molecular complexity index is 778. The van der Waals surface area contributed by atoms with Gasteiger partial charge in [-0.15, -0.1) is 0 Å². The fraction of sp³-hybridized carbons (Fsp3) is 0.778. The van der Waals surface area contributed by atoms with Gasteiger partial charge in [0.05, 0.1) is 0 Å². The van der Waals surface area contributed by atoms with Gasteiger partial charge in [0.1, 0.15) is 12.2 Å². The molecule has 0 N–H and O–H groups in total. The van der Waals surface area contributed by atoms with Gasteiger partial charge in [0.25, 0.3) is 0 Å². The van der Waals surface area contributed by atoms with E-state index < -0.39 is 0 Å². The van der Waals surface area contributed by atoms with E-state index in [2.05, 4.69) is 54.7 Å². The van der Waals surface area contributed by atoms with Crippen LogP contribution in [0.3, 0.4) is 0 Å². The molecule has 0 radical (unpaired) electrons. The molecule has 0 aromatic heterocycles. The fourth-order valence-electron chi connectivity index (χ4n) is 7.04. The van der Waals surface area contributed by atoms with Gasteiger partial charge in [0.15, 0.2) is 0 Å². The van der Waals surface area contributed by atoms with Crippen LogP contribution < -0.4 is 0 Å². The van der Waals surface area contributed by atoms with E-state index >= 15 is 0 Å². The number of carbonyl (C=O) groups excluding carboxylic acids is 2. The Hall–Kier alpha value is -1.58. The molecule has 31 heavy (non-hydrogen) atoms. The maximum Gasteiger partial charge on any atom is 0.333 e. The van der Waals surface area contributed by atoms with E-state index in [1.54, 1.807) is 6.92 Å². The molecule has 4 rings (SSSR count). The molecule has 0 aliphatic heterocycles. The van der Waals surface area contributed by atoms with Crippen LogP contribution in [0.5, 0.6) is 0 Å². The van der Waals surface area contributed by atoms with Crippen molar-refractivity contribution in [3.63, 3.8) is 0 Å². The van der Waals surface area contributed by atoms with Crippen LogP contribution in [0.4, 0.5) is 0 Å². The summed E-state index contributed by atoms with van der Waals surface area (Å²) in [5, 5.41) is 0. The Morgan fingerprint density at radius 1 is 0.839 bits per heavy atom. The van der Waals surface area contributed by atoms with Gasteiger partial charge in [0.2, 0.25) is 0 Å². The maximum absolute atomic E-state index is 11.6. The Morgan fingerprint density at radius 3 is 1.55 bits per heavy atom. The zero-order chi connectivity index (χ0) is 23.4. The summed E-state index contributed by atoms with van der Waals surface area (Å²) < 4.78 is 11.1. The predicted octanol–water partition coefficient (Wildman–Crippen LogP) is 6.25. The molecule has 0 aromatic rings. The second kappa shape index (κ2) is 7.78. The lowest BCUT2D eigenvalue weighted by molar-refractivity contribution is -0.152. The van der Waals surface area contributed by atoms with Crippen LogP contribution in [0, 0.1) is 33.5 Å². The normalized spacial score (nSPS) is 40.6. The summed E-state index contributed by atoms with van der Waals surface area (Å²) in [6.45, 7) is 22.6. The van der Waals surface area contributed by atoms with Crippen LogP contribution in [0.25, 0.3) is 0 Å². The number of fused-ring (bicyclic) bond motifs is 4. The molecular formula is C27H42O4. The molecule has 0 aromatic carbocycles. The molecule has 4 aliphatic carbocycles. The zero-order valence-corrected chi connectivity index (χ0v) is 20.7. The fourth-order valence-corrected chi connectivity index (χ4v) is 7.04. The third-order valence-corrected chi connectivity index (χ3v) is 10.5. The van der Waals surface area contributed by atoms with Crippen LogP contribution in [-0.4, -0.2) is 24.1 Å². The van der Waals surface area contributed by atoms with E-state index in [1.807, 2.05) is 0 Å². The number of hydrogen-bond acceptors (Lipinski definition) is 4. The van der Waals surface area contributed by atoms with Crippen LogP contribution in [0.15, 0.2) is 24.8 Å². The van der Waals surface area contributed by atoms with Crippen molar-refractivity contribution in [3.05, 3.63) is 24.8 Å². The highest BCUT2D eigenvalue weighted by atomic mass is 16.5. The molecule has 4 fully saturated rings. The first-order chi connectivity index (χ1) is 14.2. The molecule has 4 nitrogen and oxygen atoms in total. The van der Waals surface area contributed by atoms with Gasteiger partial charge in [-0.05, 0) is 68.1 Å². The number of carbonyl (C=O) groups is 2. The van der Waals surface area contributed by atoms with Crippen LogP contribution in [0.1, 0.15) is 87.0 Å². The van der Waals surface area contributed by atoms with Gasteiger partial charge < -0.3 is 9.47 Å². The average molecular weight is 431 g/mol. The lowest BCUT2D eigenvalue weighted by Gasteiger charge is -2.38. The maximum atomic E-state index is 11.6. The Morgan fingerprint density at radius 2 is 1.26 bits per heavy atom. The van der Waals surface area contributed by atoms with Crippen LogP contribution in [-0.2, 0) is 19.1 Å². The third kappa shape index (κ3) is 3.58. The first-order valence-electron chi connectivity index (χ1n) is 11.9. The van der Waals surface area contributed by atoms with Crippen molar-refractivity contribution in [1.29, 1.82) is 0 Å². The van der Waals surface area contributed by atoms with Crippen molar-refractivity contribution < 1.29 is 19.1 Å². The summed E-state index contributed by atoms with van der Waals surface area (Å²) >= 11 is 0. The molecule has 6 unspecified atom stereocenters. The second-order valence-electron chi connectivity index (χ2n) is 12.0. The van der Waals surface area contributed by atoms with E-state index in [0.717, 1.165) is 12.8 Å². The van der Waals surface area contributed by atoms with Gasteiger partial charge in [-0.25, -0.2) is 9.59 Å². The smallest absolute Gasteiger partial charge is 0.333 e. The highest BCUT2D eigenvalue weighted by molar-refractivity contribution is 5.87. The monoisotopic (exact) mass is 430 g/mol. The topological polar surface area (TPSA) is 52.6 Å². The largest absolute Gasteiger partial charge is 0.459 e. The minimum absolute atomic E-state index is 0.0884. The second-order valence-corrected chi connectivity index (χ2v) is 12.0. The molecule has 0 saturated heterocycles. The van der Waals surface area contributed by atoms with Crippen molar-refractivity contribution in [1.82, 2.24) is 0 Å². The summed E-state index contributed by atoms with van der Waals surface area (Å²) in [5.74, 6) is 0.921. The van der Waals surface area contributed by atoms with Crippen molar-refractivity contribution in [3.8, 4) is 0 Å². The molecule has 0 amide bonds. The highest BCUT2D eigenvalue weighted by Crippen LogP contribution is 2.67. The molecule has 4 saturated carbocycles. The molecule has 4 bridgehead atoms. The molecule has 0 spiro atoms. The number of ether oxygens (including phenoxy) is 2. The van der Waals surface area contributed by atoms with E-state index in [0.29, 0.717) is 28.2 Å². The minimum Gasteiger partial charge on any atom is -0.459 e. The molecular weight excluding hydrogens is 388 g/mol. The first-order valence-corrected chi connectivity index (χ1v) is 11.9. The SMILES string of the molecule is C=C(C)C(=O)OC1CC2CCC1(C)C2(C)C.C=CC(=O)OC1CC2CCC1(C)C2(C)C. The Labute approximate surface area is 188 Å². The van der Waals surface area contributed by atoms with Gasteiger partial charge in [-0.3, -0.25) is 0 Å². The summed E-state index contributed by atoms with van der Waals surface area (Å²) in [6, 6.07) is 0. The van der Waals surface area contributed by atoms with Gasteiger partial charge in [-0.2, -0.15) is 0 Å². The predicted molar refractivity (Wildman–Crippen MR) is 123 cm³/mol. The summed E-state index contributed by atoms with van der Waals surface area (Å²) in [6.07, 6.45) is 8.44. The Balaban J connectivity index is 0.000000176. The number of hydrogen-bond donors (Lipinski definition) is 0. The summed E-state index contributed by atoms with van der Waals surface area (Å²) in [4.78, 5) is 22.9. The molecule has 4 aliphatic rings.